The van der Waals surface area contributed by atoms with Crippen molar-refractivity contribution in [3.05, 3.63) is 28.7 Å². The van der Waals surface area contributed by atoms with Gasteiger partial charge < -0.3 is 14.6 Å². The molecule has 0 aromatic heterocycles. The number of carbonyl (C=O) groups is 1. The topological polar surface area (TPSA) is 55.8 Å². The van der Waals surface area contributed by atoms with Crippen LogP contribution < -0.4 is 4.74 Å². The molecular weight excluding hydrogens is 288 g/mol. The van der Waals surface area contributed by atoms with Crippen molar-refractivity contribution in [3.63, 3.8) is 0 Å². The van der Waals surface area contributed by atoms with Gasteiger partial charge in [0.05, 0.1) is 13.2 Å². The van der Waals surface area contributed by atoms with Crippen LogP contribution in [0.3, 0.4) is 0 Å². The van der Waals surface area contributed by atoms with Gasteiger partial charge in [0.15, 0.2) is 0 Å². The maximum Gasteiger partial charge on any atom is 0.305 e. The summed E-state index contributed by atoms with van der Waals surface area (Å²) >= 11 is 3.32. The number of halogens is 1. The van der Waals surface area contributed by atoms with E-state index < -0.39 is 6.10 Å². The molecular formula is C12H15BrO4. The number of aliphatic hydroxyl groups is 1. The quantitative estimate of drug-likeness (QED) is 0.818. The number of hydrogen-bond donors (Lipinski definition) is 1. The van der Waals surface area contributed by atoms with Crippen LogP contribution in [0.4, 0.5) is 0 Å². The average Bonchev–Trinajstić information content (AvgIpc) is 2.35. The minimum Gasteiger partial charge on any atom is -0.491 e. The smallest absolute Gasteiger partial charge is 0.305 e. The molecule has 1 aromatic carbocycles. The van der Waals surface area contributed by atoms with Gasteiger partial charge in [0, 0.05) is 10.9 Å². The molecule has 0 spiro atoms. The summed E-state index contributed by atoms with van der Waals surface area (Å²) in [5, 5.41) is 9.57. The molecule has 4 nitrogen and oxygen atoms in total. The molecule has 1 N–H and O–H groups in total. The molecule has 0 bridgehead atoms. The second-order valence-corrected chi connectivity index (χ2v) is 4.45. The first-order valence-electron chi connectivity index (χ1n) is 5.25. The lowest BCUT2D eigenvalue weighted by Gasteiger charge is -2.11. The summed E-state index contributed by atoms with van der Waals surface area (Å²) in [4.78, 5) is 10.8. The molecule has 1 rings (SSSR count). The lowest BCUT2D eigenvalue weighted by atomic mass is 10.2. The second kappa shape index (κ2) is 7.29. The van der Waals surface area contributed by atoms with Crippen LogP contribution in [-0.2, 0) is 9.53 Å². The van der Waals surface area contributed by atoms with E-state index in [0.29, 0.717) is 12.2 Å². The zero-order chi connectivity index (χ0) is 12.7. The fraction of sp³-hybridized carbons (Fsp3) is 0.417. The highest BCUT2D eigenvalue weighted by molar-refractivity contribution is 9.10. The van der Waals surface area contributed by atoms with Crippen molar-refractivity contribution in [2.24, 2.45) is 0 Å². The van der Waals surface area contributed by atoms with E-state index in [1.54, 1.807) is 12.1 Å². The third-order valence-corrected chi connectivity index (χ3v) is 2.69. The number of esters is 1. The average molecular weight is 303 g/mol. The van der Waals surface area contributed by atoms with Crippen LogP contribution in [0.15, 0.2) is 28.7 Å². The normalized spacial score (nSPS) is 11.9. The van der Waals surface area contributed by atoms with Gasteiger partial charge in [-0.15, -0.1) is 0 Å². The molecule has 94 valence electrons. The maximum atomic E-state index is 10.8. The molecule has 1 atom stereocenters. The first-order valence-corrected chi connectivity index (χ1v) is 6.04. The van der Waals surface area contributed by atoms with Gasteiger partial charge in [-0.3, -0.25) is 4.79 Å². The van der Waals surface area contributed by atoms with Crippen LogP contribution in [0.25, 0.3) is 0 Å². The number of ether oxygens (including phenoxy) is 2. The van der Waals surface area contributed by atoms with Gasteiger partial charge in [-0.2, -0.15) is 0 Å². The van der Waals surface area contributed by atoms with Gasteiger partial charge in [0.2, 0.25) is 0 Å². The first-order chi connectivity index (χ1) is 8.11. The molecule has 0 amide bonds. The molecule has 0 saturated carbocycles. The van der Waals surface area contributed by atoms with Crippen LogP contribution in [-0.4, -0.2) is 30.9 Å². The Bertz CT molecular complexity index is 350. The minimum atomic E-state index is -0.669. The van der Waals surface area contributed by atoms with Gasteiger partial charge in [0.25, 0.3) is 0 Å². The maximum absolute atomic E-state index is 10.8. The van der Waals surface area contributed by atoms with Crippen molar-refractivity contribution < 1.29 is 19.4 Å². The van der Waals surface area contributed by atoms with E-state index in [0.717, 1.165) is 4.47 Å². The number of benzene rings is 1. The molecule has 1 unspecified atom stereocenters. The van der Waals surface area contributed by atoms with Crippen molar-refractivity contribution in [3.8, 4) is 5.75 Å². The monoisotopic (exact) mass is 302 g/mol. The molecule has 0 aliphatic heterocycles. The Kier molecular flexibility index (Phi) is 6.00. The lowest BCUT2D eigenvalue weighted by molar-refractivity contribution is -0.141. The summed E-state index contributed by atoms with van der Waals surface area (Å²) < 4.78 is 10.8. The Morgan fingerprint density at radius 3 is 2.65 bits per heavy atom. The standard InChI is InChI=1S/C12H15BrO4/c1-16-12(15)7-4-10(14)8-17-11-5-2-9(13)3-6-11/h2-3,5-6,10,14H,4,7-8H2,1H3. The SMILES string of the molecule is COC(=O)CCC(O)COc1ccc(Br)cc1. The Hall–Kier alpha value is -1.07. The number of methoxy groups -OCH3 is 1. The molecule has 0 saturated heterocycles. The summed E-state index contributed by atoms with van der Waals surface area (Å²) in [6.07, 6.45) is -0.136. The van der Waals surface area contributed by atoms with Crippen LogP contribution in [0.1, 0.15) is 12.8 Å². The predicted octanol–water partition coefficient (Wildman–Crippen LogP) is 2.14. The fourth-order valence-electron chi connectivity index (χ4n) is 1.19. The first kappa shape index (κ1) is 14.0. The Morgan fingerprint density at radius 1 is 1.41 bits per heavy atom. The van der Waals surface area contributed by atoms with Crippen molar-refractivity contribution in [2.75, 3.05) is 13.7 Å². The van der Waals surface area contributed by atoms with Gasteiger partial charge in [-0.1, -0.05) is 15.9 Å². The number of aliphatic hydroxyl groups excluding tert-OH is 1. The van der Waals surface area contributed by atoms with E-state index >= 15 is 0 Å². The summed E-state index contributed by atoms with van der Waals surface area (Å²) in [6, 6.07) is 7.32. The Balaban J connectivity index is 2.25. The van der Waals surface area contributed by atoms with E-state index in [9.17, 15) is 9.90 Å². The molecule has 0 aliphatic rings. The summed E-state index contributed by atoms with van der Waals surface area (Å²) in [7, 11) is 1.33. The van der Waals surface area contributed by atoms with E-state index in [4.69, 9.17) is 4.74 Å². The largest absolute Gasteiger partial charge is 0.491 e. The van der Waals surface area contributed by atoms with Crippen LogP contribution in [0.5, 0.6) is 5.75 Å². The lowest BCUT2D eigenvalue weighted by Crippen LogP contribution is -2.19. The van der Waals surface area contributed by atoms with Crippen LogP contribution in [0.2, 0.25) is 0 Å². The zero-order valence-corrected chi connectivity index (χ0v) is 11.1. The Morgan fingerprint density at radius 2 is 2.06 bits per heavy atom. The minimum absolute atomic E-state index is 0.165. The zero-order valence-electron chi connectivity index (χ0n) is 9.56. The Labute approximate surface area is 109 Å². The summed E-state index contributed by atoms with van der Waals surface area (Å²) in [6.45, 7) is 0.165. The molecule has 0 heterocycles. The van der Waals surface area contributed by atoms with Crippen molar-refractivity contribution in [2.45, 2.75) is 18.9 Å². The van der Waals surface area contributed by atoms with Crippen LogP contribution in [0, 0.1) is 0 Å². The molecule has 0 radical (unpaired) electrons. The number of hydrogen-bond acceptors (Lipinski definition) is 4. The molecule has 1 aromatic rings. The van der Waals surface area contributed by atoms with Crippen molar-refractivity contribution >= 4 is 21.9 Å². The number of rotatable bonds is 6. The van der Waals surface area contributed by atoms with Gasteiger partial charge in [0.1, 0.15) is 12.4 Å². The highest BCUT2D eigenvalue weighted by atomic mass is 79.9. The van der Waals surface area contributed by atoms with Crippen molar-refractivity contribution in [1.29, 1.82) is 0 Å². The van der Waals surface area contributed by atoms with E-state index in [1.807, 2.05) is 12.1 Å². The second-order valence-electron chi connectivity index (χ2n) is 3.53. The fourth-order valence-corrected chi connectivity index (χ4v) is 1.46. The molecule has 17 heavy (non-hydrogen) atoms. The highest BCUT2D eigenvalue weighted by Gasteiger charge is 2.09. The highest BCUT2D eigenvalue weighted by Crippen LogP contribution is 2.16. The molecule has 0 fully saturated rings. The van der Waals surface area contributed by atoms with E-state index in [1.165, 1.54) is 7.11 Å². The summed E-state index contributed by atoms with van der Waals surface area (Å²) in [5.41, 5.74) is 0. The molecule has 5 heteroatoms. The van der Waals surface area contributed by atoms with Crippen molar-refractivity contribution in [1.82, 2.24) is 0 Å². The van der Waals surface area contributed by atoms with E-state index in [-0.39, 0.29) is 19.0 Å². The molecule has 0 aliphatic carbocycles. The summed E-state index contributed by atoms with van der Waals surface area (Å²) in [5.74, 6) is 0.359. The third kappa shape index (κ3) is 5.70. The van der Waals surface area contributed by atoms with Crippen LogP contribution >= 0.6 is 15.9 Å². The number of carbonyl (C=O) groups excluding carboxylic acids is 1. The predicted molar refractivity (Wildman–Crippen MR) is 66.9 cm³/mol. The van der Waals surface area contributed by atoms with Gasteiger partial charge in [-0.25, -0.2) is 0 Å². The van der Waals surface area contributed by atoms with Gasteiger partial charge in [-0.05, 0) is 30.7 Å². The van der Waals surface area contributed by atoms with E-state index in [2.05, 4.69) is 20.7 Å². The third-order valence-electron chi connectivity index (χ3n) is 2.17. The van der Waals surface area contributed by atoms with Gasteiger partial charge >= 0.3 is 5.97 Å².